The van der Waals surface area contributed by atoms with Crippen LogP contribution in [0.5, 0.6) is 5.88 Å². The molecule has 0 atom stereocenters. The zero-order chi connectivity index (χ0) is 12.5. The van der Waals surface area contributed by atoms with Crippen molar-refractivity contribution in [2.24, 2.45) is 0 Å². The fourth-order valence-corrected chi connectivity index (χ4v) is 1.51. The molecular formula is C13H23N3O. The van der Waals surface area contributed by atoms with Crippen LogP contribution in [0, 0.1) is 0 Å². The van der Waals surface area contributed by atoms with E-state index in [0.717, 1.165) is 25.5 Å². The monoisotopic (exact) mass is 237 g/mol. The maximum absolute atomic E-state index is 5.39. The number of ether oxygens (including phenoxy) is 1. The molecule has 1 heterocycles. The van der Waals surface area contributed by atoms with Gasteiger partial charge in [0.15, 0.2) is 0 Å². The van der Waals surface area contributed by atoms with Gasteiger partial charge in [-0.3, -0.25) is 0 Å². The Hall–Kier alpha value is -1.29. The van der Waals surface area contributed by atoms with Gasteiger partial charge >= 0.3 is 0 Å². The van der Waals surface area contributed by atoms with Gasteiger partial charge in [-0.1, -0.05) is 13.0 Å². The molecule has 1 aromatic heterocycles. The van der Waals surface area contributed by atoms with Crippen molar-refractivity contribution in [3.8, 4) is 5.88 Å². The van der Waals surface area contributed by atoms with Gasteiger partial charge in [0.05, 0.1) is 6.61 Å². The molecule has 0 spiro atoms. The highest BCUT2D eigenvalue weighted by atomic mass is 16.5. The number of aromatic nitrogens is 1. The van der Waals surface area contributed by atoms with Gasteiger partial charge in [-0.2, -0.15) is 4.98 Å². The molecule has 0 aromatic carbocycles. The van der Waals surface area contributed by atoms with Gasteiger partial charge in [-0.05, 0) is 26.0 Å². The van der Waals surface area contributed by atoms with E-state index in [9.17, 15) is 0 Å². The van der Waals surface area contributed by atoms with E-state index in [-0.39, 0.29) is 0 Å². The van der Waals surface area contributed by atoms with E-state index < -0.39 is 0 Å². The summed E-state index contributed by atoms with van der Waals surface area (Å²) in [6.45, 7) is 7.78. The molecule has 4 heteroatoms. The number of nitrogens with zero attached hydrogens (tertiary/aromatic N) is 2. The van der Waals surface area contributed by atoms with E-state index in [1.165, 1.54) is 6.42 Å². The van der Waals surface area contributed by atoms with Gasteiger partial charge in [0.2, 0.25) is 5.88 Å². The Labute approximate surface area is 104 Å². The SMILES string of the molecule is CCCNCCN(C)c1cccc(OCC)n1. The lowest BCUT2D eigenvalue weighted by Crippen LogP contribution is -2.30. The summed E-state index contributed by atoms with van der Waals surface area (Å²) >= 11 is 0. The highest BCUT2D eigenvalue weighted by Gasteiger charge is 2.03. The van der Waals surface area contributed by atoms with Crippen LogP contribution in [0.3, 0.4) is 0 Å². The van der Waals surface area contributed by atoms with Crippen molar-refractivity contribution < 1.29 is 4.74 Å². The van der Waals surface area contributed by atoms with E-state index >= 15 is 0 Å². The number of hydrogen-bond donors (Lipinski definition) is 1. The predicted molar refractivity (Wildman–Crippen MR) is 71.8 cm³/mol. The van der Waals surface area contributed by atoms with Crippen molar-refractivity contribution in [2.45, 2.75) is 20.3 Å². The highest BCUT2D eigenvalue weighted by molar-refractivity contribution is 5.39. The summed E-state index contributed by atoms with van der Waals surface area (Å²) in [5.41, 5.74) is 0. The van der Waals surface area contributed by atoms with Crippen LogP contribution < -0.4 is 15.0 Å². The zero-order valence-electron chi connectivity index (χ0n) is 11.1. The second-order valence-electron chi connectivity index (χ2n) is 3.94. The molecule has 17 heavy (non-hydrogen) atoms. The molecule has 1 rings (SSSR count). The molecular weight excluding hydrogens is 214 g/mol. The van der Waals surface area contributed by atoms with Gasteiger partial charge in [0.1, 0.15) is 5.82 Å². The maximum Gasteiger partial charge on any atom is 0.215 e. The van der Waals surface area contributed by atoms with Crippen LogP contribution in [0.25, 0.3) is 0 Å². The third-order valence-corrected chi connectivity index (χ3v) is 2.44. The molecule has 0 bridgehead atoms. The minimum absolute atomic E-state index is 0.651. The number of anilines is 1. The summed E-state index contributed by atoms with van der Waals surface area (Å²) < 4.78 is 5.39. The van der Waals surface area contributed by atoms with Gasteiger partial charge in [-0.25, -0.2) is 0 Å². The highest BCUT2D eigenvalue weighted by Crippen LogP contribution is 2.14. The lowest BCUT2D eigenvalue weighted by Gasteiger charge is -2.18. The minimum Gasteiger partial charge on any atom is -0.478 e. The average Bonchev–Trinajstić information content (AvgIpc) is 2.35. The van der Waals surface area contributed by atoms with Crippen LogP contribution >= 0.6 is 0 Å². The van der Waals surface area contributed by atoms with Crippen LogP contribution in [-0.2, 0) is 0 Å². The summed E-state index contributed by atoms with van der Waals surface area (Å²) in [4.78, 5) is 6.57. The summed E-state index contributed by atoms with van der Waals surface area (Å²) in [6, 6.07) is 5.86. The van der Waals surface area contributed by atoms with E-state index in [2.05, 4.69) is 22.1 Å². The summed E-state index contributed by atoms with van der Waals surface area (Å²) in [6.07, 6.45) is 1.17. The number of hydrogen-bond acceptors (Lipinski definition) is 4. The molecule has 1 N–H and O–H groups in total. The molecule has 0 amide bonds. The predicted octanol–water partition coefficient (Wildman–Crippen LogP) is 1.92. The van der Waals surface area contributed by atoms with Crippen LogP contribution in [0.2, 0.25) is 0 Å². The van der Waals surface area contributed by atoms with E-state index in [4.69, 9.17) is 4.74 Å². The van der Waals surface area contributed by atoms with Crippen LogP contribution in [0.1, 0.15) is 20.3 Å². The lowest BCUT2D eigenvalue weighted by molar-refractivity contribution is 0.327. The molecule has 0 unspecified atom stereocenters. The molecule has 0 radical (unpaired) electrons. The Morgan fingerprint density at radius 2 is 2.12 bits per heavy atom. The average molecular weight is 237 g/mol. The molecule has 96 valence electrons. The minimum atomic E-state index is 0.651. The van der Waals surface area contributed by atoms with E-state index in [0.29, 0.717) is 12.5 Å². The normalized spacial score (nSPS) is 10.3. The van der Waals surface area contributed by atoms with Crippen molar-refractivity contribution >= 4 is 5.82 Å². The smallest absolute Gasteiger partial charge is 0.215 e. The first-order valence-corrected chi connectivity index (χ1v) is 6.29. The van der Waals surface area contributed by atoms with Crippen molar-refractivity contribution in [3.05, 3.63) is 18.2 Å². The molecule has 1 aromatic rings. The third-order valence-electron chi connectivity index (χ3n) is 2.44. The number of likely N-dealkylation sites (N-methyl/N-ethyl adjacent to an activating group) is 1. The molecule has 0 saturated carbocycles. The Morgan fingerprint density at radius 3 is 2.82 bits per heavy atom. The van der Waals surface area contributed by atoms with Crippen LogP contribution in [0.4, 0.5) is 5.82 Å². The first-order chi connectivity index (χ1) is 8.27. The van der Waals surface area contributed by atoms with Gasteiger partial charge in [-0.15, -0.1) is 0 Å². The quantitative estimate of drug-likeness (QED) is 0.701. The van der Waals surface area contributed by atoms with Gasteiger partial charge < -0.3 is 15.0 Å². The largest absolute Gasteiger partial charge is 0.478 e. The maximum atomic E-state index is 5.39. The Bertz CT molecular complexity index is 317. The molecule has 0 aliphatic rings. The third kappa shape index (κ3) is 5.04. The van der Waals surface area contributed by atoms with Crippen LogP contribution in [0.15, 0.2) is 18.2 Å². The van der Waals surface area contributed by atoms with Crippen molar-refractivity contribution in [1.82, 2.24) is 10.3 Å². The number of nitrogens with one attached hydrogen (secondary N) is 1. The fourth-order valence-electron chi connectivity index (χ4n) is 1.51. The molecule has 0 saturated heterocycles. The standard InChI is InChI=1S/C13H23N3O/c1-4-9-14-10-11-16(3)12-7-6-8-13(15-12)17-5-2/h6-8,14H,4-5,9-11H2,1-3H3. The molecule has 0 aliphatic carbocycles. The molecule has 4 nitrogen and oxygen atoms in total. The van der Waals surface area contributed by atoms with Gasteiger partial charge in [0.25, 0.3) is 0 Å². The Morgan fingerprint density at radius 1 is 1.29 bits per heavy atom. The van der Waals surface area contributed by atoms with Crippen molar-refractivity contribution in [2.75, 3.05) is 38.2 Å². The second kappa shape index (κ2) is 7.90. The summed E-state index contributed by atoms with van der Waals surface area (Å²) in [5.74, 6) is 1.65. The first kappa shape index (κ1) is 13.8. The lowest BCUT2D eigenvalue weighted by atomic mass is 10.4. The Kier molecular flexibility index (Phi) is 6.40. The van der Waals surface area contributed by atoms with Crippen molar-refractivity contribution in [1.29, 1.82) is 0 Å². The summed E-state index contributed by atoms with van der Waals surface area (Å²) in [5, 5.41) is 3.37. The van der Waals surface area contributed by atoms with E-state index in [1.54, 1.807) is 0 Å². The van der Waals surface area contributed by atoms with Crippen molar-refractivity contribution in [3.63, 3.8) is 0 Å². The van der Waals surface area contributed by atoms with Crippen LogP contribution in [-0.4, -0.2) is 38.3 Å². The zero-order valence-corrected chi connectivity index (χ0v) is 11.1. The van der Waals surface area contributed by atoms with Gasteiger partial charge in [0, 0.05) is 26.2 Å². The molecule has 0 fully saturated rings. The second-order valence-corrected chi connectivity index (χ2v) is 3.94. The number of pyridine rings is 1. The molecule has 0 aliphatic heterocycles. The first-order valence-electron chi connectivity index (χ1n) is 6.29. The van der Waals surface area contributed by atoms with E-state index in [1.807, 2.05) is 32.2 Å². The topological polar surface area (TPSA) is 37.4 Å². The fraction of sp³-hybridized carbons (Fsp3) is 0.615. The summed E-state index contributed by atoms with van der Waals surface area (Å²) in [7, 11) is 2.05. The Balaban J connectivity index is 2.44. The number of rotatable bonds is 8.